The van der Waals surface area contributed by atoms with E-state index in [1.807, 2.05) is 6.92 Å². The lowest BCUT2D eigenvalue weighted by molar-refractivity contribution is 0.108. The Hall–Kier alpha value is -1.57. The summed E-state index contributed by atoms with van der Waals surface area (Å²) in [7, 11) is 0. The van der Waals surface area contributed by atoms with Gasteiger partial charge in [-0.25, -0.2) is 4.39 Å². The Kier molecular flexibility index (Phi) is 6.85. The van der Waals surface area contributed by atoms with E-state index in [0.29, 0.717) is 31.8 Å². The highest BCUT2D eigenvalue weighted by molar-refractivity contribution is 5.40. The van der Waals surface area contributed by atoms with Crippen LogP contribution < -0.4 is 4.74 Å². The number of aliphatic hydroxyl groups excluding tert-OH is 1. The Morgan fingerprint density at radius 1 is 1.33 bits per heavy atom. The predicted molar refractivity (Wildman–Crippen MR) is 67.0 cm³/mol. The highest BCUT2D eigenvalue weighted by Crippen LogP contribution is 2.18. The van der Waals surface area contributed by atoms with Crippen molar-refractivity contribution in [1.29, 1.82) is 0 Å². The number of hydrogen-bond donors (Lipinski definition) is 1. The van der Waals surface area contributed by atoms with Crippen molar-refractivity contribution in [3.63, 3.8) is 0 Å². The highest BCUT2D eigenvalue weighted by Gasteiger charge is 2.03. The molecule has 0 radical (unpaired) electrons. The van der Waals surface area contributed by atoms with E-state index in [0.717, 1.165) is 0 Å². The molecule has 0 saturated heterocycles. The lowest BCUT2D eigenvalue weighted by atomic mass is 10.2. The molecule has 0 bridgehead atoms. The second-order valence-corrected chi connectivity index (χ2v) is 3.47. The van der Waals surface area contributed by atoms with E-state index >= 15 is 0 Å². The molecule has 0 aliphatic carbocycles. The molecule has 1 rings (SSSR count). The molecule has 0 atom stereocenters. The fourth-order valence-electron chi connectivity index (χ4n) is 1.27. The largest absolute Gasteiger partial charge is 0.488 e. The molecule has 0 aliphatic rings. The Morgan fingerprint density at radius 3 is 2.89 bits per heavy atom. The molecule has 1 aromatic rings. The van der Waals surface area contributed by atoms with Crippen molar-refractivity contribution in [3.8, 4) is 17.6 Å². The van der Waals surface area contributed by atoms with Crippen LogP contribution in [0.5, 0.6) is 5.75 Å². The molecule has 0 unspecified atom stereocenters. The van der Waals surface area contributed by atoms with Crippen LogP contribution in [0.3, 0.4) is 0 Å². The topological polar surface area (TPSA) is 38.7 Å². The molecule has 18 heavy (non-hydrogen) atoms. The number of benzene rings is 1. The van der Waals surface area contributed by atoms with Crippen LogP contribution in [0, 0.1) is 17.7 Å². The van der Waals surface area contributed by atoms with Gasteiger partial charge in [0.1, 0.15) is 6.61 Å². The third-order valence-corrected chi connectivity index (χ3v) is 2.09. The SMILES string of the molecule is CCOCCOc1cc(C#CCCO)ccc1F. The van der Waals surface area contributed by atoms with Crippen LogP contribution >= 0.6 is 0 Å². The molecule has 1 aromatic carbocycles. The molecule has 4 heteroatoms. The van der Waals surface area contributed by atoms with Crippen LogP contribution in [-0.4, -0.2) is 31.5 Å². The first-order valence-electron chi connectivity index (χ1n) is 5.87. The predicted octanol–water partition coefficient (Wildman–Crippen LogP) is 1.97. The van der Waals surface area contributed by atoms with Gasteiger partial charge in [0.05, 0.1) is 13.2 Å². The second kappa shape index (κ2) is 8.51. The average molecular weight is 252 g/mol. The first kappa shape index (κ1) is 14.5. The third-order valence-electron chi connectivity index (χ3n) is 2.09. The average Bonchev–Trinajstić information content (AvgIpc) is 2.38. The fraction of sp³-hybridized carbons (Fsp3) is 0.429. The normalized spacial score (nSPS) is 9.72. The van der Waals surface area contributed by atoms with Gasteiger partial charge in [-0.3, -0.25) is 0 Å². The van der Waals surface area contributed by atoms with Gasteiger partial charge < -0.3 is 14.6 Å². The van der Waals surface area contributed by atoms with Crippen molar-refractivity contribution in [2.24, 2.45) is 0 Å². The molecule has 0 saturated carbocycles. The minimum absolute atomic E-state index is 0.0198. The lowest BCUT2D eigenvalue weighted by Gasteiger charge is -2.07. The van der Waals surface area contributed by atoms with Gasteiger partial charge in [-0.1, -0.05) is 11.8 Å². The first-order chi connectivity index (χ1) is 8.77. The first-order valence-corrected chi connectivity index (χ1v) is 5.87. The summed E-state index contributed by atoms with van der Waals surface area (Å²) >= 11 is 0. The lowest BCUT2D eigenvalue weighted by Crippen LogP contribution is -2.07. The smallest absolute Gasteiger partial charge is 0.165 e. The van der Waals surface area contributed by atoms with Gasteiger partial charge in [0.15, 0.2) is 11.6 Å². The standard InChI is InChI=1S/C14H17FO3/c1-2-17-9-10-18-14-11-12(5-3-4-8-16)6-7-13(14)15/h6-7,11,16H,2,4,8-10H2,1H3. The molecule has 0 spiro atoms. The highest BCUT2D eigenvalue weighted by atomic mass is 19.1. The zero-order valence-electron chi connectivity index (χ0n) is 10.4. The molecular formula is C14H17FO3. The monoisotopic (exact) mass is 252 g/mol. The van der Waals surface area contributed by atoms with Crippen molar-refractivity contribution >= 4 is 0 Å². The summed E-state index contributed by atoms with van der Waals surface area (Å²) in [5.41, 5.74) is 0.663. The van der Waals surface area contributed by atoms with Crippen molar-refractivity contribution in [1.82, 2.24) is 0 Å². The van der Waals surface area contributed by atoms with Crippen molar-refractivity contribution in [2.45, 2.75) is 13.3 Å². The number of aliphatic hydroxyl groups is 1. The summed E-state index contributed by atoms with van der Waals surface area (Å²) in [5.74, 6) is 5.35. The van der Waals surface area contributed by atoms with E-state index in [9.17, 15) is 4.39 Å². The van der Waals surface area contributed by atoms with Crippen molar-refractivity contribution in [3.05, 3.63) is 29.6 Å². The maximum atomic E-state index is 13.4. The van der Waals surface area contributed by atoms with E-state index in [1.165, 1.54) is 6.07 Å². The van der Waals surface area contributed by atoms with Crippen molar-refractivity contribution < 1.29 is 19.0 Å². The Labute approximate surface area is 107 Å². The zero-order chi connectivity index (χ0) is 13.2. The molecule has 98 valence electrons. The van der Waals surface area contributed by atoms with Crippen LogP contribution in [0.2, 0.25) is 0 Å². The minimum atomic E-state index is -0.417. The van der Waals surface area contributed by atoms with Crippen LogP contribution in [-0.2, 0) is 4.74 Å². The van der Waals surface area contributed by atoms with Crippen molar-refractivity contribution in [2.75, 3.05) is 26.4 Å². The Morgan fingerprint density at radius 2 is 2.17 bits per heavy atom. The molecule has 0 heterocycles. The van der Waals surface area contributed by atoms with E-state index in [4.69, 9.17) is 14.6 Å². The second-order valence-electron chi connectivity index (χ2n) is 3.47. The number of halogens is 1. The molecule has 0 aliphatic heterocycles. The molecule has 0 fully saturated rings. The minimum Gasteiger partial charge on any atom is -0.488 e. The molecule has 0 amide bonds. The molecule has 0 aromatic heterocycles. The molecule has 1 N–H and O–H groups in total. The number of ether oxygens (including phenoxy) is 2. The summed E-state index contributed by atoms with van der Waals surface area (Å²) in [6.45, 7) is 3.25. The summed E-state index contributed by atoms with van der Waals surface area (Å²) < 4.78 is 23.8. The maximum Gasteiger partial charge on any atom is 0.165 e. The van der Waals surface area contributed by atoms with Gasteiger partial charge >= 0.3 is 0 Å². The van der Waals surface area contributed by atoms with Gasteiger partial charge in [-0.15, -0.1) is 0 Å². The zero-order valence-corrected chi connectivity index (χ0v) is 10.4. The maximum absolute atomic E-state index is 13.4. The van der Waals surface area contributed by atoms with Crippen LogP contribution in [0.1, 0.15) is 18.9 Å². The summed E-state index contributed by atoms with van der Waals surface area (Å²) in [4.78, 5) is 0. The summed E-state index contributed by atoms with van der Waals surface area (Å²) in [5, 5.41) is 8.61. The van der Waals surface area contributed by atoms with Crippen LogP contribution in [0.4, 0.5) is 4.39 Å². The molecule has 3 nitrogen and oxygen atoms in total. The van der Waals surface area contributed by atoms with E-state index in [2.05, 4.69) is 11.8 Å². The summed E-state index contributed by atoms with van der Waals surface area (Å²) in [6.07, 6.45) is 0.401. The van der Waals surface area contributed by atoms with Gasteiger partial charge in [0, 0.05) is 18.6 Å². The van der Waals surface area contributed by atoms with Crippen LogP contribution in [0.25, 0.3) is 0 Å². The number of rotatable bonds is 6. The quantitative estimate of drug-likeness (QED) is 0.621. The van der Waals surface area contributed by atoms with Gasteiger partial charge in [0.2, 0.25) is 0 Å². The Balaban J connectivity index is 2.61. The fourth-order valence-corrected chi connectivity index (χ4v) is 1.27. The Bertz CT molecular complexity index is 421. The van der Waals surface area contributed by atoms with E-state index < -0.39 is 5.82 Å². The molecular weight excluding hydrogens is 235 g/mol. The van der Waals surface area contributed by atoms with Gasteiger partial charge in [-0.05, 0) is 25.1 Å². The number of hydrogen-bond acceptors (Lipinski definition) is 3. The van der Waals surface area contributed by atoms with E-state index in [-0.39, 0.29) is 12.4 Å². The summed E-state index contributed by atoms with van der Waals surface area (Å²) in [6, 6.07) is 4.44. The van der Waals surface area contributed by atoms with Crippen LogP contribution in [0.15, 0.2) is 18.2 Å². The third kappa shape index (κ3) is 5.17. The van der Waals surface area contributed by atoms with Gasteiger partial charge in [0.25, 0.3) is 0 Å². The van der Waals surface area contributed by atoms with Gasteiger partial charge in [-0.2, -0.15) is 0 Å². The van der Waals surface area contributed by atoms with E-state index in [1.54, 1.807) is 12.1 Å².